The first-order valence-electron chi connectivity index (χ1n) is 8.60. The van der Waals surface area contributed by atoms with Gasteiger partial charge in [-0.2, -0.15) is 0 Å². The number of benzene rings is 1. The van der Waals surface area contributed by atoms with Crippen molar-refractivity contribution in [1.82, 2.24) is 10.2 Å². The van der Waals surface area contributed by atoms with E-state index in [1.165, 1.54) is 6.08 Å². The van der Waals surface area contributed by atoms with Crippen LogP contribution in [-0.4, -0.2) is 47.7 Å². The molecule has 2 aliphatic rings. The number of nitrogens with one attached hydrogen (secondary N) is 2. The standard InChI is InChI=1S/C19H23N3O4/c1-4-26-18-14-9-12(6-8-15(23)20-3)10-22(14)19(25)13-7-5-11(2)17(24)16(13)21-18/h5-8,10,14,18,21,24H,4,9H2,1-3H3,(H,20,23). The van der Waals surface area contributed by atoms with E-state index < -0.39 is 6.23 Å². The zero-order chi connectivity index (χ0) is 18.8. The van der Waals surface area contributed by atoms with Crippen molar-refractivity contribution >= 4 is 17.5 Å². The fourth-order valence-electron chi connectivity index (χ4n) is 3.24. The lowest BCUT2D eigenvalue weighted by Crippen LogP contribution is -2.43. The smallest absolute Gasteiger partial charge is 0.260 e. The van der Waals surface area contributed by atoms with E-state index in [1.807, 2.05) is 6.92 Å². The lowest BCUT2D eigenvalue weighted by Gasteiger charge is -2.28. The highest BCUT2D eigenvalue weighted by Gasteiger charge is 2.40. The van der Waals surface area contributed by atoms with Crippen LogP contribution in [0.3, 0.4) is 0 Å². The van der Waals surface area contributed by atoms with E-state index in [-0.39, 0.29) is 23.6 Å². The number of likely N-dealkylation sites (N-methyl/N-ethyl adjacent to an activating group) is 1. The van der Waals surface area contributed by atoms with Crippen molar-refractivity contribution in [2.75, 3.05) is 19.0 Å². The lowest BCUT2D eigenvalue weighted by atomic mass is 10.1. The summed E-state index contributed by atoms with van der Waals surface area (Å²) in [6, 6.07) is 3.16. The maximum Gasteiger partial charge on any atom is 0.260 e. The predicted molar refractivity (Wildman–Crippen MR) is 97.7 cm³/mol. The second-order valence-corrected chi connectivity index (χ2v) is 6.31. The summed E-state index contributed by atoms with van der Waals surface area (Å²) in [7, 11) is 1.56. The molecule has 0 bridgehead atoms. The number of aromatic hydroxyl groups is 1. The third-order valence-electron chi connectivity index (χ3n) is 4.63. The van der Waals surface area contributed by atoms with E-state index >= 15 is 0 Å². The number of hydrogen-bond acceptors (Lipinski definition) is 5. The third-order valence-corrected chi connectivity index (χ3v) is 4.63. The second kappa shape index (κ2) is 7.21. The Morgan fingerprint density at radius 3 is 2.96 bits per heavy atom. The summed E-state index contributed by atoms with van der Waals surface area (Å²) in [4.78, 5) is 26.1. The maximum absolute atomic E-state index is 13.0. The van der Waals surface area contributed by atoms with Crippen LogP contribution in [0.2, 0.25) is 0 Å². The highest BCUT2D eigenvalue weighted by Crippen LogP contribution is 2.39. The minimum atomic E-state index is -0.472. The molecule has 2 aliphatic heterocycles. The Morgan fingerprint density at radius 1 is 1.50 bits per heavy atom. The lowest BCUT2D eigenvalue weighted by molar-refractivity contribution is -0.116. The van der Waals surface area contributed by atoms with Crippen LogP contribution in [0.1, 0.15) is 29.3 Å². The topological polar surface area (TPSA) is 90.9 Å². The molecular formula is C19H23N3O4. The van der Waals surface area contributed by atoms with Crippen molar-refractivity contribution in [1.29, 1.82) is 0 Å². The largest absolute Gasteiger partial charge is 0.505 e. The van der Waals surface area contributed by atoms with Crippen molar-refractivity contribution in [2.45, 2.75) is 32.5 Å². The van der Waals surface area contributed by atoms with Gasteiger partial charge in [-0.3, -0.25) is 9.59 Å². The summed E-state index contributed by atoms with van der Waals surface area (Å²) in [6.45, 7) is 4.12. The summed E-state index contributed by atoms with van der Waals surface area (Å²) < 4.78 is 5.82. The number of fused-ring (bicyclic) bond motifs is 2. The van der Waals surface area contributed by atoms with E-state index in [2.05, 4.69) is 10.6 Å². The van der Waals surface area contributed by atoms with Crippen molar-refractivity contribution in [3.8, 4) is 5.75 Å². The van der Waals surface area contributed by atoms with Gasteiger partial charge in [0.15, 0.2) is 0 Å². The SMILES string of the molecule is CCOC1Nc2c(ccc(C)c2O)C(=O)N2C=C(C=CC(=O)NC)CC12. The number of carbonyl (C=O) groups excluding carboxylic acids is 2. The molecule has 3 rings (SSSR count). The quantitative estimate of drug-likeness (QED) is 0.565. The molecule has 26 heavy (non-hydrogen) atoms. The molecule has 2 amide bonds. The van der Waals surface area contributed by atoms with Gasteiger partial charge in [-0.25, -0.2) is 0 Å². The number of carbonyl (C=O) groups is 2. The van der Waals surface area contributed by atoms with Gasteiger partial charge in [0.25, 0.3) is 5.91 Å². The summed E-state index contributed by atoms with van der Waals surface area (Å²) in [6.07, 6.45) is 4.96. The molecule has 2 heterocycles. The third kappa shape index (κ3) is 3.17. The van der Waals surface area contributed by atoms with Crippen LogP contribution in [0, 0.1) is 6.92 Å². The molecule has 0 fully saturated rings. The zero-order valence-corrected chi connectivity index (χ0v) is 15.1. The fourth-order valence-corrected chi connectivity index (χ4v) is 3.24. The highest BCUT2D eigenvalue weighted by molar-refractivity contribution is 6.03. The van der Waals surface area contributed by atoms with Gasteiger partial charge in [0.2, 0.25) is 5.91 Å². The van der Waals surface area contributed by atoms with Gasteiger partial charge in [-0.1, -0.05) is 12.1 Å². The average molecular weight is 357 g/mol. The number of phenols is 1. The summed E-state index contributed by atoms with van der Waals surface area (Å²) in [5.74, 6) is -0.353. The van der Waals surface area contributed by atoms with E-state index in [9.17, 15) is 14.7 Å². The predicted octanol–water partition coefficient (Wildman–Crippen LogP) is 1.89. The van der Waals surface area contributed by atoms with Gasteiger partial charge in [0, 0.05) is 25.9 Å². The summed E-state index contributed by atoms with van der Waals surface area (Å²) >= 11 is 0. The Morgan fingerprint density at radius 2 is 2.27 bits per heavy atom. The minimum Gasteiger partial charge on any atom is -0.505 e. The first kappa shape index (κ1) is 18.0. The Labute approximate surface area is 152 Å². The van der Waals surface area contributed by atoms with Crippen LogP contribution in [-0.2, 0) is 9.53 Å². The Balaban J connectivity index is 2.00. The van der Waals surface area contributed by atoms with Crippen LogP contribution >= 0.6 is 0 Å². The van der Waals surface area contributed by atoms with Crippen LogP contribution in [0.25, 0.3) is 0 Å². The molecule has 0 saturated heterocycles. The Hall–Kier alpha value is -2.80. The molecule has 138 valence electrons. The first-order chi connectivity index (χ1) is 12.5. The molecule has 0 aliphatic carbocycles. The van der Waals surface area contributed by atoms with E-state index in [0.717, 1.165) is 5.57 Å². The van der Waals surface area contributed by atoms with Crippen molar-refractivity contribution in [3.63, 3.8) is 0 Å². The highest BCUT2D eigenvalue weighted by atomic mass is 16.5. The van der Waals surface area contributed by atoms with Crippen LogP contribution < -0.4 is 10.6 Å². The van der Waals surface area contributed by atoms with Crippen LogP contribution in [0.4, 0.5) is 5.69 Å². The molecule has 0 radical (unpaired) electrons. The molecule has 1 aromatic carbocycles. The summed E-state index contributed by atoms with van der Waals surface area (Å²) in [5, 5.41) is 16.1. The van der Waals surface area contributed by atoms with Gasteiger partial charge in [0.1, 0.15) is 12.0 Å². The summed E-state index contributed by atoms with van der Waals surface area (Å²) in [5.41, 5.74) is 2.34. The molecule has 2 unspecified atom stereocenters. The number of hydrogen-bond donors (Lipinski definition) is 3. The van der Waals surface area contributed by atoms with Gasteiger partial charge in [-0.15, -0.1) is 0 Å². The fraction of sp³-hybridized carbons (Fsp3) is 0.368. The van der Waals surface area contributed by atoms with Gasteiger partial charge in [-0.05, 0) is 37.5 Å². The van der Waals surface area contributed by atoms with Gasteiger partial charge in [0.05, 0.1) is 17.3 Å². The van der Waals surface area contributed by atoms with Crippen molar-refractivity contribution in [3.05, 3.63) is 47.2 Å². The zero-order valence-electron chi connectivity index (χ0n) is 15.1. The van der Waals surface area contributed by atoms with E-state index in [0.29, 0.717) is 29.8 Å². The average Bonchev–Trinajstić information content (AvgIpc) is 3.02. The number of phenolic OH excluding ortho intramolecular Hbond substituents is 1. The molecule has 1 aromatic rings. The Bertz CT molecular complexity index is 800. The number of aryl methyl sites for hydroxylation is 1. The number of anilines is 1. The Kier molecular flexibility index (Phi) is 4.99. The van der Waals surface area contributed by atoms with Gasteiger partial charge < -0.3 is 25.4 Å². The second-order valence-electron chi connectivity index (χ2n) is 6.31. The van der Waals surface area contributed by atoms with Crippen molar-refractivity contribution < 1.29 is 19.4 Å². The molecular weight excluding hydrogens is 334 g/mol. The molecule has 0 aromatic heterocycles. The molecule has 3 N–H and O–H groups in total. The van der Waals surface area contributed by atoms with Crippen LogP contribution in [0.15, 0.2) is 36.1 Å². The van der Waals surface area contributed by atoms with Crippen LogP contribution in [0.5, 0.6) is 5.75 Å². The number of nitrogens with zero attached hydrogens (tertiary/aromatic N) is 1. The molecule has 0 saturated carbocycles. The van der Waals surface area contributed by atoms with E-state index in [4.69, 9.17) is 4.74 Å². The number of rotatable bonds is 4. The number of allylic oxidation sites excluding steroid dienone is 1. The number of ether oxygens (including phenoxy) is 1. The number of amides is 2. The monoisotopic (exact) mass is 357 g/mol. The van der Waals surface area contributed by atoms with E-state index in [1.54, 1.807) is 43.3 Å². The maximum atomic E-state index is 13.0. The minimum absolute atomic E-state index is 0.0606. The van der Waals surface area contributed by atoms with Crippen molar-refractivity contribution in [2.24, 2.45) is 0 Å². The molecule has 7 nitrogen and oxygen atoms in total. The molecule has 7 heteroatoms. The molecule has 0 spiro atoms. The normalized spacial score (nSPS) is 21.7. The van der Waals surface area contributed by atoms with Gasteiger partial charge >= 0.3 is 0 Å². The molecule has 2 atom stereocenters. The first-order valence-corrected chi connectivity index (χ1v) is 8.60.